The number of rotatable bonds is 4. The molecule has 0 radical (unpaired) electrons. The first-order chi connectivity index (χ1) is 8.56. The monoisotopic (exact) mass is 264 g/mol. The van der Waals surface area contributed by atoms with Gasteiger partial charge in [-0.15, -0.1) is 0 Å². The molecule has 0 saturated heterocycles. The Morgan fingerprint density at radius 3 is 2.56 bits per heavy atom. The average Bonchev–Trinajstić information content (AvgIpc) is 2.78. The van der Waals surface area contributed by atoms with Gasteiger partial charge in [-0.05, 0) is 36.6 Å². The van der Waals surface area contributed by atoms with Gasteiger partial charge in [0.2, 0.25) is 5.89 Å². The van der Waals surface area contributed by atoms with E-state index in [1.807, 2.05) is 24.3 Å². The molecule has 1 heterocycles. The van der Waals surface area contributed by atoms with E-state index < -0.39 is 0 Å². The van der Waals surface area contributed by atoms with Crippen LogP contribution in [-0.2, 0) is 0 Å². The molecule has 18 heavy (non-hydrogen) atoms. The summed E-state index contributed by atoms with van der Waals surface area (Å²) >= 11 is 5.85. The summed E-state index contributed by atoms with van der Waals surface area (Å²) in [6.07, 6.45) is 2.57. The van der Waals surface area contributed by atoms with Crippen LogP contribution >= 0.6 is 11.6 Å². The van der Waals surface area contributed by atoms with Crippen LogP contribution in [0.5, 0.6) is 0 Å². The minimum absolute atomic E-state index is 0.147. The molecular formula is C14H17ClN2O. The van der Waals surface area contributed by atoms with Gasteiger partial charge in [0.15, 0.2) is 5.76 Å². The second kappa shape index (κ2) is 5.55. The highest BCUT2D eigenvalue weighted by atomic mass is 35.5. The van der Waals surface area contributed by atoms with Crippen molar-refractivity contribution in [1.29, 1.82) is 0 Å². The largest absolute Gasteiger partial charge is 0.439 e. The van der Waals surface area contributed by atoms with Crippen molar-refractivity contribution >= 4 is 11.6 Å². The van der Waals surface area contributed by atoms with Crippen molar-refractivity contribution in [3.05, 3.63) is 41.4 Å². The van der Waals surface area contributed by atoms with E-state index in [1.54, 1.807) is 6.20 Å². The van der Waals surface area contributed by atoms with E-state index >= 15 is 0 Å². The Morgan fingerprint density at radius 2 is 1.94 bits per heavy atom. The Balaban J connectivity index is 2.17. The van der Waals surface area contributed by atoms with Gasteiger partial charge >= 0.3 is 0 Å². The number of halogens is 1. The first-order valence-electron chi connectivity index (χ1n) is 6.03. The zero-order valence-corrected chi connectivity index (χ0v) is 11.3. The van der Waals surface area contributed by atoms with Crippen molar-refractivity contribution in [3.63, 3.8) is 0 Å². The molecule has 0 bridgehead atoms. The first kappa shape index (κ1) is 13.1. The Kier molecular flexibility index (Phi) is 4.04. The fraction of sp³-hybridized carbons (Fsp3) is 0.357. The van der Waals surface area contributed by atoms with Gasteiger partial charge in [0, 0.05) is 10.6 Å². The van der Waals surface area contributed by atoms with Gasteiger partial charge in [-0.3, -0.25) is 0 Å². The molecule has 4 heteroatoms. The summed E-state index contributed by atoms with van der Waals surface area (Å²) in [6, 6.07) is 7.31. The van der Waals surface area contributed by atoms with Crippen molar-refractivity contribution < 1.29 is 4.42 Å². The van der Waals surface area contributed by atoms with E-state index in [-0.39, 0.29) is 6.04 Å². The van der Waals surface area contributed by atoms with Crippen LogP contribution in [-0.4, -0.2) is 4.98 Å². The average molecular weight is 265 g/mol. The maximum Gasteiger partial charge on any atom is 0.211 e. The third-order valence-corrected chi connectivity index (χ3v) is 2.95. The maximum absolute atomic E-state index is 6.03. The zero-order valence-electron chi connectivity index (χ0n) is 10.6. The summed E-state index contributed by atoms with van der Waals surface area (Å²) in [7, 11) is 0. The molecule has 0 fully saturated rings. The standard InChI is InChI=1S/C14H17ClN2O/c1-9(2)7-12(16)14-17-8-13(18-14)10-3-5-11(15)6-4-10/h3-6,8-9,12H,7,16H2,1-2H3. The lowest BCUT2D eigenvalue weighted by Crippen LogP contribution is -2.13. The molecule has 0 amide bonds. The Morgan fingerprint density at radius 1 is 1.28 bits per heavy atom. The van der Waals surface area contributed by atoms with E-state index in [0.717, 1.165) is 17.7 Å². The molecule has 2 aromatic rings. The predicted molar refractivity (Wildman–Crippen MR) is 73.3 cm³/mol. The van der Waals surface area contributed by atoms with Gasteiger partial charge in [0.05, 0.1) is 12.2 Å². The lowest BCUT2D eigenvalue weighted by atomic mass is 10.0. The molecule has 96 valence electrons. The molecule has 1 atom stereocenters. The van der Waals surface area contributed by atoms with Crippen molar-refractivity contribution in [3.8, 4) is 11.3 Å². The molecule has 2 rings (SSSR count). The summed E-state index contributed by atoms with van der Waals surface area (Å²) in [5, 5.41) is 0.704. The Labute approximate surface area is 112 Å². The number of hydrogen-bond donors (Lipinski definition) is 1. The van der Waals surface area contributed by atoms with Crippen molar-refractivity contribution in [2.45, 2.75) is 26.3 Å². The van der Waals surface area contributed by atoms with Gasteiger partial charge in [0.1, 0.15) is 0 Å². The molecule has 1 unspecified atom stereocenters. The van der Waals surface area contributed by atoms with Crippen molar-refractivity contribution in [2.24, 2.45) is 11.7 Å². The van der Waals surface area contributed by atoms with Gasteiger partial charge in [0.25, 0.3) is 0 Å². The molecule has 0 aliphatic carbocycles. The second-order valence-electron chi connectivity index (χ2n) is 4.81. The van der Waals surface area contributed by atoms with Crippen LogP contribution < -0.4 is 5.73 Å². The normalized spacial score (nSPS) is 12.9. The molecule has 0 aliphatic heterocycles. The Hall–Kier alpha value is -1.32. The third kappa shape index (κ3) is 3.12. The minimum Gasteiger partial charge on any atom is -0.439 e. The third-order valence-electron chi connectivity index (χ3n) is 2.69. The molecule has 0 aliphatic rings. The van der Waals surface area contributed by atoms with Crippen LogP contribution in [0.1, 0.15) is 32.2 Å². The predicted octanol–water partition coefficient (Wildman–Crippen LogP) is 4.04. The van der Waals surface area contributed by atoms with E-state index in [2.05, 4.69) is 18.8 Å². The highest BCUT2D eigenvalue weighted by Gasteiger charge is 2.15. The summed E-state index contributed by atoms with van der Waals surface area (Å²) in [4.78, 5) is 4.24. The molecule has 0 saturated carbocycles. The van der Waals surface area contributed by atoms with Crippen LogP contribution in [0.4, 0.5) is 0 Å². The van der Waals surface area contributed by atoms with Crippen LogP contribution in [0, 0.1) is 5.92 Å². The SMILES string of the molecule is CC(C)CC(N)c1ncc(-c2ccc(Cl)cc2)o1. The smallest absolute Gasteiger partial charge is 0.211 e. The number of nitrogens with zero attached hydrogens (tertiary/aromatic N) is 1. The number of nitrogens with two attached hydrogens (primary N) is 1. The summed E-state index contributed by atoms with van der Waals surface area (Å²) in [5.41, 5.74) is 6.99. The molecule has 0 spiro atoms. The molecular weight excluding hydrogens is 248 g/mol. The summed E-state index contributed by atoms with van der Waals surface area (Å²) in [6.45, 7) is 4.26. The fourth-order valence-electron chi connectivity index (χ4n) is 1.82. The highest BCUT2D eigenvalue weighted by Crippen LogP contribution is 2.25. The maximum atomic E-state index is 6.03. The second-order valence-corrected chi connectivity index (χ2v) is 5.24. The fourth-order valence-corrected chi connectivity index (χ4v) is 1.94. The number of benzene rings is 1. The van der Waals surface area contributed by atoms with Crippen molar-refractivity contribution in [1.82, 2.24) is 4.98 Å². The minimum atomic E-state index is -0.147. The topological polar surface area (TPSA) is 52.0 Å². The Bertz CT molecular complexity index is 505. The first-order valence-corrected chi connectivity index (χ1v) is 6.41. The van der Waals surface area contributed by atoms with E-state index in [0.29, 0.717) is 16.8 Å². The summed E-state index contributed by atoms with van der Waals surface area (Å²) in [5.74, 6) is 1.83. The van der Waals surface area contributed by atoms with E-state index in [9.17, 15) is 0 Å². The molecule has 1 aromatic heterocycles. The van der Waals surface area contributed by atoms with Crippen LogP contribution in [0.15, 0.2) is 34.9 Å². The molecule has 2 N–H and O–H groups in total. The van der Waals surface area contributed by atoms with Gasteiger partial charge in [-0.2, -0.15) is 0 Å². The van der Waals surface area contributed by atoms with Crippen LogP contribution in [0.2, 0.25) is 5.02 Å². The van der Waals surface area contributed by atoms with Crippen LogP contribution in [0.25, 0.3) is 11.3 Å². The van der Waals surface area contributed by atoms with Crippen LogP contribution in [0.3, 0.4) is 0 Å². The van der Waals surface area contributed by atoms with Gasteiger partial charge < -0.3 is 10.2 Å². The number of aromatic nitrogens is 1. The van der Waals surface area contributed by atoms with Gasteiger partial charge in [-0.25, -0.2) is 4.98 Å². The number of hydrogen-bond acceptors (Lipinski definition) is 3. The highest BCUT2D eigenvalue weighted by molar-refractivity contribution is 6.30. The molecule has 1 aromatic carbocycles. The van der Waals surface area contributed by atoms with E-state index in [1.165, 1.54) is 0 Å². The molecule has 3 nitrogen and oxygen atoms in total. The zero-order chi connectivity index (χ0) is 13.1. The van der Waals surface area contributed by atoms with Gasteiger partial charge in [-0.1, -0.05) is 25.4 Å². The van der Waals surface area contributed by atoms with E-state index in [4.69, 9.17) is 21.8 Å². The number of oxazole rings is 1. The lowest BCUT2D eigenvalue weighted by molar-refractivity contribution is 0.408. The quantitative estimate of drug-likeness (QED) is 0.907. The lowest BCUT2D eigenvalue weighted by Gasteiger charge is -2.09. The van der Waals surface area contributed by atoms with Crippen molar-refractivity contribution in [2.75, 3.05) is 0 Å². The summed E-state index contributed by atoms with van der Waals surface area (Å²) < 4.78 is 5.69.